The Morgan fingerprint density at radius 1 is 1.18 bits per heavy atom. The molecule has 1 aliphatic rings. The molecule has 1 unspecified atom stereocenters. The summed E-state index contributed by atoms with van der Waals surface area (Å²) in [6, 6.07) is 7.09. The van der Waals surface area contributed by atoms with Crippen molar-refractivity contribution in [3.8, 4) is 22.9 Å². The molecule has 0 N–H and O–H groups in total. The number of nitrogens with zero attached hydrogens (tertiary/aromatic N) is 5. The molecule has 8 nitrogen and oxygen atoms in total. The predicted molar refractivity (Wildman–Crippen MR) is 104 cm³/mol. The van der Waals surface area contributed by atoms with Gasteiger partial charge in [-0.15, -0.1) is 0 Å². The van der Waals surface area contributed by atoms with Gasteiger partial charge in [0.2, 0.25) is 0 Å². The summed E-state index contributed by atoms with van der Waals surface area (Å²) in [4.78, 5) is 23.6. The number of carbonyl (C=O) groups excluding carboxylic acids is 1. The van der Waals surface area contributed by atoms with Gasteiger partial charge >= 0.3 is 0 Å². The van der Waals surface area contributed by atoms with Crippen molar-refractivity contribution >= 4 is 11.7 Å². The fraction of sp³-hybridized carbons (Fsp3) is 0.300. The van der Waals surface area contributed by atoms with Gasteiger partial charge < -0.3 is 9.47 Å². The van der Waals surface area contributed by atoms with Crippen molar-refractivity contribution in [2.24, 2.45) is 0 Å². The third kappa shape index (κ3) is 2.77. The zero-order valence-electron chi connectivity index (χ0n) is 16.2. The third-order valence-electron chi connectivity index (χ3n) is 4.88. The predicted octanol–water partition coefficient (Wildman–Crippen LogP) is 3.10. The highest BCUT2D eigenvalue weighted by atomic mass is 16.5. The van der Waals surface area contributed by atoms with E-state index in [-0.39, 0.29) is 11.9 Å². The number of methoxy groups -OCH3 is 2. The minimum atomic E-state index is -0.212. The molecule has 0 fully saturated rings. The molecule has 3 aromatic heterocycles. The molecule has 0 bridgehead atoms. The van der Waals surface area contributed by atoms with Crippen molar-refractivity contribution in [3.05, 3.63) is 47.9 Å². The molecular formula is C20H21N5O3. The van der Waals surface area contributed by atoms with Crippen LogP contribution in [0.4, 0.5) is 5.82 Å². The summed E-state index contributed by atoms with van der Waals surface area (Å²) >= 11 is 0. The fourth-order valence-corrected chi connectivity index (χ4v) is 3.39. The van der Waals surface area contributed by atoms with Crippen LogP contribution in [0.25, 0.3) is 11.3 Å². The molecule has 0 aromatic carbocycles. The Labute approximate surface area is 162 Å². The summed E-state index contributed by atoms with van der Waals surface area (Å²) in [7, 11) is 3.10. The van der Waals surface area contributed by atoms with Gasteiger partial charge in [-0.3, -0.25) is 14.4 Å². The first-order chi connectivity index (χ1) is 13.6. The van der Waals surface area contributed by atoms with Crippen LogP contribution in [0.3, 0.4) is 0 Å². The largest absolute Gasteiger partial charge is 0.491 e. The molecule has 1 aliphatic heterocycles. The molecule has 0 aliphatic carbocycles. The highest BCUT2D eigenvalue weighted by molar-refractivity contribution is 6.10. The van der Waals surface area contributed by atoms with Crippen LogP contribution < -0.4 is 14.4 Å². The number of ether oxygens (including phenoxy) is 2. The highest BCUT2D eigenvalue weighted by Crippen LogP contribution is 2.37. The van der Waals surface area contributed by atoms with E-state index in [1.54, 1.807) is 30.0 Å². The number of aromatic nitrogens is 4. The lowest BCUT2D eigenvalue weighted by Crippen LogP contribution is -2.26. The molecule has 4 rings (SSSR count). The lowest BCUT2D eigenvalue weighted by atomic mass is 10.1. The van der Waals surface area contributed by atoms with Crippen molar-refractivity contribution in [2.45, 2.75) is 26.4 Å². The van der Waals surface area contributed by atoms with Gasteiger partial charge in [-0.2, -0.15) is 5.10 Å². The number of amides is 1. The Balaban J connectivity index is 1.72. The van der Waals surface area contributed by atoms with Crippen LogP contribution in [0.1, 0.15) is 35.9 Å². The smallest absolute Gasteiger partial charge is 0.262 e. The normalized spacial score (nSPS) is 15.6. The van der Waals surface area contributed by atoms with E-state index in [1.807, 2.05) is 44.3 Å². The summed E-state index contributed by atoms with van der Waals surface area (Å²) in [5.41, 5.74) is 2.82. The number of anilines is 1. The maximum Gasteiger partial charge on any atom is 0.262 e. The summed E-state index contributed by atoms with van der Waals surface area (Å²) in [6.07, 6.45) is 3.55. The van der Waals surface area contributed by atoms with E-state index in [0.29, 0.717) is 28.7 Å². The van der Waals surface area contributed by atoms with Gasteiger partial charge in [-0.05, 0) is 32.0 Å². The molecule has 0 radical (unpaired) electrons. The molecule has 28 heavy (non-hydrogen) atoms. The molecule has 0 saturated carbocycles. The first-order valence-electron chi connectivity index (χ1n) is 9.03. The Hall–Kier alpha value is -3.42. The number of aryl methyl sites for hydroxylation is 1. The van der Waals surface area contributed by atoms with Crippen LogP contribution in [0, 0.1) is 0 Å². The zero-order valence-corrected chi connectivity index (χ0v) is 16.2. The monoisotopic (exact) mass is 379 g/mol. The zero-order chi connectivity index (χ0) is 19.8. The Bertz CT molecular complexity index is 1050. The number of fused-ring (bicyclic) bond motifs is 1. The summed E-state index contributed by atoms with van der Waals surface area (Å²) in [6.45, 7) is 4.71. The van der Waals surface area contributed by atoms with Crippen LogP contribution >= 0.6 is 0 Å². The second-order valence-corrected chi connectivity index (χ2v) is 6.45. The topological polar surface area (TPSA) is 82.4 Å². The summed E-state index contributed by atoms with van der Waals surface area (Å²) < 4.78 is 12.3. The van der Waals surface area contributed by atoms with Crippen molar-refractivity contribution in [1.82, 2.24) is 19.7 Å². The molecule has 4 heterocycles. The van der Waals surface area contributed by atoms with Gasteiger partial charge in [-0.1, -0.05) is 0 Å². The molecule has 1 amide bonds. The molecule has 0 spiro atoms. The van der Waals surface area contributed by atoms with Crippen molar-refractivity contribution in [3.63, 3.8) is 0 Å². The average molecular weight is 379 g/mol. The van der Waals surface area contributed by atoms with E-state index in [9.17, 15) is 4.79 Å². The van der Waals surface area contributed by atoms with Crippen molar-refractivity contribution < 1.29 is 14.3 Å². The van der Waals surface area contributed by atoms with E-state index in [2.05, 4.69) is 10.1 Å². The van der Waals surface area contributed by atoms with Crippen molar-refractivity contribution in [2.75, 3.05) is 19.1 Å². The molecule has 8 heteroatoms. The standard InChI is InChI=1S/C20H21N5O3/c1-5-24-9-8-17(23-24)25-12(2)18-14(20(25)26)6-7-15(22-18)13-10-16(27-3)19(28-4)21-11-13/h6-12H,5H2,1-4H3. The van der Waals surface area contributed by atoms with Gasteiger partial charge in [0, 0.05) is 30.6 Å². The highest BCUT2D eigenvalue weighted by Gasteiger charge is 2.37. The number of carbonyl (C=O) groups is 1. The van der Waals surface area contributed by atoms with E-state index >= 15 is 0 Å². The quantitative estimate of drug-likeness (QED) is 0.677. The van der Waals surface area contributed by atoms with Gasteiger partial charge in [0.25, 0.3) is 11.8 Å². The minimum Gasteiger partial charge on any atom is -0.491 e. The van der Waals surface area contributed by atoms with E-state index < -0.39 is 0 Å². The first-order valence-corrected chi connectivity index (χ1v) is 9.03. The second kappa shape index (κ2) is 6.95. The SMILES string of the molecule is CCn1ccc(N2C(=O)c3ccc(-c4cnc(OC)c(OC)c4)nc3C2C)n1. The number of rotatable bonds is 5. The Morgan fingerprint density at radius 3 is 2.68 bits per heavy atom. The number of hydrogen-bond acceptors (Lipinski definition) is 6. The molecular weight excluding hydrogens is 358 g/mol. The average Bonchev–Trinajstić information content (AvgIpc) is 3.30. The lowest BCUT2D eigenvalue weighted by molar-refractivity contribution is 0.0991. The first kappa shape index (κ1) is 18.0. The summed E-state index contributed by atoms with van der Waals surface area (Å²) in [5.74, 6) is 1.48. The molecule has 3 aromatic rings. The van der Waals surface area contributed by atoms with Gasteiger partial charge in [0.1, 0.15) is 0 Å². The minimum absolute atomic E-state index is 0.0895. The van der Waals surface area contributed by atoms with Gasteiger partial charge in [0.05, 0.1) is 37.2 Å². The van der Waals surface area contributed by atoms with Crippen LogP contribution in [-0.2, 0) is 6.54 Å². The lowest BCUT2D eigenvalue weighted by Gasteiger charge is -2.18. The number of pyridine rings is 2. The molecule has 1 atom stereocenters. The third-order valence-corrected chi connectivity index (χ3v) is 4.88. The summed E-state index contributed by atoms with van der Waals surface area (Å²) in [5, 5.41) is 4.47. The molecule has 144 valence electrons. The fourth-order valence-electron chi connectivity index (χ4n) is 3.39. The Morgan fingerprint density at radius 2 is 2.00 bits per heavy atom. The van der Waals surface area contributed by atoms with Crippen molar-refractivity contribution in [1.29, 1.82) is 0 Å². The van der Waals surface area contributed by atoms with Crippen LogP contribution in [0.2, 0.25) is 0 Å². The van der Waals surface area contributed by atoms with Crippen LogP contribution in [0.15, 0.2) is 36.7 Å². The number of hydrogen-bond donors (Lipinski definition) is 0. The Kier molecular flexibility index (Phi) is 4.46. The van der Waals surface area contributed by atoms with Gasteiger partial charge in [-0.25, -0.2) is 9.97 Å². The van der Waals surface area contributed by atoms with Crippen LogP contribution in [-0.4, -0.2) is 39.9 Å². The van der Waals surface area contributed by atoms with Gasteiger partial charge in [0.15, 0.2) is 11.6 Å². The maximum absolute atomic E-state index is 12.9. The van der Waals surface area contributed by atoms with E-state index in [1.165, 1.54) is 0 Å². The maximum atomic E-state index is 12.9. The second-order valence-electron chi connectivity index (χ2n) is 6.45. The van der Waals surface area contributed by atoms with E-state index in [4.69, 9.17) is 14.5 Å². The van der Waals surface area contributed by atoms with E-state index in [0.717, 1.165) is 17.8 Å². The van der Waals surface area contributed by atoms with Crippen LogP contribution in [0.5, 0.6) is 11.6 Å². The molecule has 0 saturated heterocycles.